The molecule has 0 radical (unpaired) electrons. The molecule has 2 aromatic carbocycles. The van der Waals surface area contributed by atoms with Gasteiger partial charge in [-0.25, -0.2) is 0 Å². The fraction of sp³-hybridized carbons (Fsp3) is 0.413. The number of hydrogen-bond donors (Lipinski definition) is 12. The molecule has 0 bridgehead atoms. The largest absolute Gasteiger partial charge is 0.391 e. The number of allylic oxidation sites excluding steroid dienone is 4. The van der Waals surface area contributed by atoms with E-state index in [1.54, 1.807) is 30.5 Å². The average molecular weight is 915 g/mol. The van der Waals surface area contributed by atoms with Gasteiger partial charge in [0, 0.05) is 43.0 Å². The third kappa shape index (κ3) is 13.9. The summed E-state index contributed by atoms with van der Waals surface area (Å²) in [6.45, 7) is 1.63. The first-order valence-electron chi connectivity index (χ1n) is 21.4. The summed E-state index contributed by atoms with van der Waals surface area (Å²) in [6.07, 6.45) is 0.430. The highest BCUT2D eigenvalue weighted by Gasteiger charge is 2.49. The van der Waals surface area contributed by atoms with E-state index in [2.05, 4.69) is 36.9 Å². The van der Waals surface area contributed by atoms with Gasteiger partial charge in [0.2, 0.25) is 35.4 Å². The molecule has 7 amide bonds. The predicted molar refractivity (Wildman–Crippen MR) is 240 cm³/mol. The van der Waals surface area contributed by atoms with E-state index >= 15 is 0 Å². The Morgan fingerprint density at radius 1 is 0.864 bits per heavy atom. The summed E-state index contributed by atoms with van der Waals surface area (Å²) in [5, 5.41) is 71.3. The van der Waals surface area contributed by atoms with Crippen molar-refractivity contribution in [1.82, 2.24) is 41.8 Å². The highest BCUT2D eigenvalue weighted by atomic mass is 16.3. The standard InChI is InChI=1S/C46H58N8O12/c1-26(16-17-28-12-5-4-6-13-28)10-9-11-27(2)41(61)42(62)40-43(63)45(65)51-34-20-36(57)53-46(34,66)21-39(60)54(3)25-38(59)50-33(18-29-22-47-32-15-8-7-14-31(29)32)44(64)49-24-37(58)48-23-30(55)19-35(56)52-40/h4-17,22,27,30,33-34,40-43,47,55,61-63,66H,18-21,23-25H2,1-3H3,(H,48,58)(H,49,64)(H,50,59)(H,51,65)(H,52,56)(H,53,57)/b11-9+,17-16+,26-10+/t27-,30+,33?,34+,40+,41-,42-,43-,46+/m0/s1. The highest BCUT2D eigenvalue weighted by molar-refractivity contribution is 5.94. The molecule has 1 unspecified atom stereocenters. The maximum Gasteiger partial charge on any atom is 0.251 e. The summed E-state index contributed by atoms with van der Waals surface area (Å²) >= 11 is 0. The first-order valence-corrected chi connectivity index (χ1v) is 21.4. The van der Waals surface area contributed by atoms with Gasteiger partial charge in [-0.05, 0) is 24.1 Å². The van der Waals surface area contributed by atoms with E-state index in [0.29, 0.717) is 5.56 Å². The fourth-order valence-corrected chi connectivity index (χ4v) is 7.46. The number of hydrogen-bond acceptors (Lipinski definition) is 12. The van der Waals surface area contributed by atoms with Crippen molar-refractivity contribution in [1.29, 1.82) is 0 Å². The lowest BCUT2D eigenvalue weighted by molar-refractivity contribution is -0.145. The molecular weight excluding hydrogens is 857 g/mol. The zero-order chi connectivity index (χ0) is 48.1. The number of aromatic nitrogens is 1. The third-order valence-electron chi connectivity index (χ3n) is 11.3. The van der Waals surface area contributed by atoms with Crippen LogP contribution >= 0.6 is 0 Å². The lowest BCUT2D eigenvalue weighted by atomic mass is 9.91. The number of nitrogens with one attached hydrogen (secondary N) is 7. The molecule has 66 heavy (non-hydrogen) atoms. The van der Waals surface area contributed by atoms with Crippen molar-refractivity contribution in [2.75, 3.05) is 26.7 Å². The summed E-state index contributed by atoms with van der Waals surface area (Å²) in [7, 11) is 1.23. The number of carbonyl (C=O) groups is 7. The van der Waals surface area contributed by atoms with Gasteiger partial charge < -0.3 is 67.3 Å². The Morgan fingerprint density at radius 3 is 2.32 bits per heavy atom. The molecule has 0 aliphatic carbocycles. The second-order valence-electron chi connectivity index (χ2n) is 16.6. The Hall–Kier alpha value is -6.71. The van der Waals surface area contributed by atoms with Gasteiger partial charge in [0.15, 0.2) is 11.8 Å². The van der Waals surface area contributed by atoms with E-state index < -0.39 is 134 Å². The van der Waals surface area contributed by atoms with Gasteiger partial charge in [-0.1, -0.05) is 91.4 Å². The Bertz CT molecular complexity index is 2330. The molecule has 5 rings (SSSR count). The summed E-state index contributed by atoms with van der Waals surface area (Å²) in [6, 6.07) is 12.0. The van der Waals surface area contributed by atoms with Crippen LogP contribution < -0.4 is 31.9 Å². The molecule has 2 aliphatic heterocycles. The molecule has 2 fully saturated rings. The van der Waals surface area contributed by atoms with Gasteiger partial charge in [0.05, 0.1) is 56.6 Å². The number of benzene rings is 2. The molecule has 0 saturated carbocycles. The first-order chi connectivity index (χ1) is 31.3. The van der Waals surface area contributed by atoms with Crippen LogP contribution in [0.3, 0.4) is 0 Å². The number of aromatic amines is 1. The Kier molecular flexibility index (Phi) is 17.5. The summed E-state index contributed by atoms with van der Waals surface area (Å²) in [5.41, 5.74) is 0.785. The van der Waals surface area contributed by atoms with Crippen LogP contribution in [0.1, 0.15) is 44.2 Å². The molecule has 12 N–H and O–H groups in total. The molecule has 20 nitrogen and oxygen atoms in total. The van der Waals surface area contributed by atoms with Gasteiger partial charge in [0.25, 0.3) is 5.91 Å². The lowest BCUT2D eigenvalue weighted by Crippen LogP contribution is -2.63. The molecule has 9 atom stereocenters. The predicted octanol–water partition coefficient (Wildman–Crippen LogP) is -1.85. The number of rotatable bonds is 9. The zero-order valence-electron chi connectivity index (χ0n) is 36.8. The van der Waals surface area contributed by atoms with Crippen molar-refractivity contribution in [2.45, 2.75) is 87.8 Å². The topological polar surface area (TPSA) is 312 Å². The van der Waals surface area contributed by atoms with E-state index in [-0.39, 0.29) is 6.42 Å². The number of likely N-dealkylation sites (N-methyl/N-ethyl adjacent to an activating group) is 1. The zero-order valence-corrected chi connectivity index (χ0v) is 36.8. The second-order valence-corrected chi connectivity index (χ2v) is 16.6. The van der Waals surface area contributed by atoms with Gasteiger partial charge in [-0.15, -0.1) is 0 Å². The van der Waals surface area contributed by atoms with E-state index in [1.165, 1.54) is 14.0 Å². The second kappa shape index (κ2) is 23.0. The highest BCUT2D eigenvalue weighted by Crippen LogP contribution is 2.24. The molecule has 2 aliphatic rings. The Labute approximate surface area is 380 Å². The van der Waals surface area contributed by atoms with Gasteiger partial charge >= 0.3 is 0 Å². The van der Waals surface area contributed by atoms with Crippen LogP contribution in [0.4, 0.5) is 0 Å². The number of aliphatic hydroxyl groups excluding tert-OH is 4. The molecule has 0 spiro atoms. The van der Waals surface area contributed by atoms with Gasteiger partial charge in [-0.3, -0.25) is 33.6 Å². The van der Waals surface area contributed by atoms with Crippen LogP contribution in [0, 0.1) is 5.92 Å². The van der Waals surface area contributed by atoms with Crippen LogP contribution in [-0.2, 0) is 40.0 Å². The van der Waals surface area contributed by atoms with E-state index in [4.69, 9.17) is 0 Å². The number of carbonyl (C=O) groups excluding carboxylic acids is 7. The van der Waals surface area contributed by atoms with Crippen molar-refractivity contribution < 1.29 is 59.1 Å². The van der Waals surface area contributed by atoms with Crippen molar-refractivity contribution in [2.24, 2.45) is 5.92 Å². The normalized spacial score (nSPS) is 26.5. The molecule has 354 valence electrons. The number of para-hydroxylation sites is 1. The number of aliphatic hydroxyl groups is 5. The van der Waals surface area contributed by atoms with Crippen LogP contribution in [0.25, 0.3) is 17.0 Å². The maximum absolute atomic E-state index is 13.7. The average Bonchev–Trinajstić information content (AvgIpc) is 3.82. The number of amides is 7. The van der Waals surface area contributed by atoms with Crippen LogP contribution in [0.15, 0.2) is 90.7 Å². The van der Waals surface area contributed by atoms with Crippen LogP contribution in [0.2, 0.25) is 0 Å². The third-order valence-corrected chi connectivity index (χ3v) is 11.3. The minimum atomic E-state index is -2.46. The molecule has 3 aromatic rings. The SMILES string of the molecule is CC(/C=C/c1ccccc1)=C\C=C\[C@H](C)[C@H](O)[C@@H](O)[C@H]1NC(=O)C[C@@H](O)CNC(=O)CNC(=O)C(Cc2c[nH]c3ccccc23)NC(=O)CN(C)C(=O)C[C@]2(O)NC(=O)C[C@H]2NC(=O)[C@H]1O. The quantitative estimate of drug-likeness (QED) is 0.105. The Morgan fingerprint density at radius 2 is 1.58 bits per heavy atom. The van der Waals surface area contributed by atoms with Crippen LogP contribution in [0.5, 0.6) is 0 Å². The van der Waals surface area contributed by atoms with Crippen molar-refractivity contribution in [3.05, 3.63) is 102 Å². The minimum absolute atomic E-state index is 0.0412. The van der Waals surface area contributed by atoms with Crippen molar-refractivity contribution in [3.63, 3.8) is 0 Å². The number of H-pyrrole nitrogens is 1. The monoisotopic (exact) mass is 914 g/mol. The molecular formula is C46H58N8O12. The Balaban J connectivity index is 1.35. The fourth-order valence-electron chi connectivity index (χ4n) is 7.46. The maximum atomic E-state index is 13.7. The molecule has 20 heteroatoms. The van der Waals surface area contributed by atoms with Gasteiger partial charge in [0.1, 0.15) is 12.1 Å². The number of nitrogens with zero attached hydrogens (tertiary/aromatic N) is 1. The molecule has 2 saturated heterocycles. The van der Waals surface area contributed by atoms with Crippen molar-refractivity contribution >= 4 is 58.3 Å². The van der Waals surface area contributed by atoms with Crippen LogP contribution in [-0.4, -0.2) is 152 Å². The minimum Gasteiger partial charge on any atom is -0.391 e. The molecule has 3 heterocycles. The summed E-state index contributed by atoms with van der Waals surface area (Å²) in [5.74, 6) is -7.23. The van der Waals surface area contributed by atoms with Gasteiger partial charge in [-0.2, -0.15) is 0 Å². The van der Waals surface area contributed by atoms with E-state index in [9.17, 15) is 59.1 Å². The summed E-state index contributed by atoms with van der Waals surface area (Å²) < 4.78 is 0. The summed E-state index contributed by atoms with van der Waals surface area (Å²) in [4.78, 5) is 96.8. The van der Waals surface area contributed by atoms with Crippen molar-refractivity contribution in [3.8, 4) is 0 Å². The van der Waals surface area contributed by atoms with E-state index in [0.717, 1.165) is 26.9 Å². The number of β-amino-alcohol motifs (C(OH)–C–C–N with tert-alkyl or cyclic N) is 1. The van der Waals surface area contributed by atoms with E-state index in [1.807, 2.05) is 67.6 Å². The number of fused-ring (bicyclic) bond motifs is 2. The smallest absolute Gasteiger partial charge is 0.251 e. The first kappa shape index (κ1) is 50.3. The molecule has 1 aromatic heterocycles. The lowest BCUT2D eigenvalue weighted by Gasteiger charge is -2.34.